The van der Waals surface area contributed by atoms with Gasteiger partial charge < -0.3 is 20.3 Å². The van der Waals surface area contributed by atoms with Crippen LogP contribution >= 0.6 is 0 Å². The molecule has 6 nitrogen and oxygen atoms in total. The molecule has 1 spiro atoms. The topological polar surface area (TPSA) is 70.7 Å². The molecule has 24 heavy (non-hydrogen) atoms. The molecule has 0 saturated carbocycles. The number of urea groups is 1. The second-order valence-electron chi connectivity index (χ2n) is 7.87. The van der Waals surface area contributed by atoms with Crippen molar-refractivity contribution in [3.05, 3.63) is 11.6 Å². The van der Waals surface area contributed by atoms with E-state index in [0.717, 1.165) is 38.8 Å². The molecule has 0 radical (unpaired) electrons. The van der Waals surface area contributed by atoms with E-state index in [1.807, 2.05) is 4.90 Å². The Balaban J connectivity index is 1.49. The van der Waals surface area contributed by atoms with E-state index in [1.165, 1.54) is 5.57 Å². The highest BCUT2D eigenvalue weighted by atomic mass is 16.5. The zero-order chi connectivity index (χ0) is 17.2. The number of rotatable bonds is 3. The van der Waals surface area contributed by atoms with Crippen LogP contribution in [0.4, 0.5) is 4.79 Å². The van der Waals surface area contributed by atoms with Crippen LogP contribution in [-0.2, 0) is 9.53 Å². The predicted octanol–water partition coefficient (Wildman–Crippen LogP) is 1.67. The van der Waals surface area contributed by atoms with Crippen molar-refractivity contribution in [1.82, 2.24) is 15.5 Å². The number of hydrogen-bond donors (Lipinski definition) is 2. The molecule has 0 aromatic rings. The van der Waals surface area contributed by atoms with Gasteiger partial charge in [0, 0.05) is 31.6 Å². The van der Waals surface area contributed by atoms with Crippen molar-refractivity contribution in [3.63, 3.8) is 0 Å². The lowest BCUT2D eigenvalue weighted by molar-refractivity contribution is -0.129. The molecular formula is C18H29N3O3. The van der Waals surface area contributed by atoms with Crippen molar-refractivity contribution in [2.45, 2.75) is 39.5 Å². The number of carbonyl (C=O) groups excluding carboxylic acids is 2. The molecule has 6 heteroatoms. The van der Waals surface area contributed by atoms with Crippen molar-refractivity contribution in [2.75, 3.05) is 39.4 Å². The van der Waals surface area contributed by atoms with Gasteiger partial charge in [-0.2, -0.15) is 0 Å². The molecule has 0 atom stereocenters. The standard InChI is InChI=1S/C18H29N3O3/c1-17(2,14-3-11-24-12-4-14)13-20-16(23)21-9-6-18(7-10-21)5-8-19-15(18)22/h3H,4-13H2,1-2H3,(H,19,22)(H,20,23). The number of carbonyl (C=O) groups is 2. The van der Waals surface area contributed by atoms with E-state index in [1.54, 1.807) is 0 Å². The Kier molecular flexibility index (Phi) is 4.85. The number of hydrogen-bond acceptors (Lipinski definition) is 3. The first kappa shape index (κ1) is 17.3. The predicted molar refractivity (Wildman–Crippen MR) is 91.6 cm³/mol. The largest absolute Gasteiger partial charge is 0.377 e. The molecule has 3 aliphatic heterocycles. The average molecular weight is 335 g/mol. The summed E-state index contributed by atoms with van der Waals surface area (Å²) in [4.78, 5) is 26.3. The number of nitrogens with one attached hydrogen (secondary N) is 2. The summed E-state index contributed by atoms with van der Waals surface area (Å²) in [6.07, 6.45) is 5.53. The van der Waals surface area contributed by atoms with E-state index in [4.69, 9.17) is 4.74 Å². The number of ether oxygens (including phenoxy) is 1. The average Bonchev–Trinajstić information content (AvgIpc) is 2.94. The van der Waals surface area contributed by atoms with Crippen molar-refractivity contribution >= 4 is 11.9 Å². The molecular weight excluding hydrogens is 306 g/mol. The Morgan fingerprint density at radius 1 is 1.38 bits per heavy atom. The highest BCUT2D eigenvalue weighted by molar-refractivity contribution is 5.85. The molecule has 0 bridgehead atoms. The number of piperidine rings is 1. The van der Waals surface area contributed by atoms with Crippen LogP contribution in [-0.4, -0.2) is 56.2 Å². The summed E-state index contributed by atoms with van der Waals surface area (Å²) in [6, 6.07) is -0.0102. The molecule has 3 aliphatic rings. The van der Waals surface area contributed by atoms with Crippen molar-refractivity contribution in [2.24, 2.45) is 10.8 Å². The summed E-state index contributed by atoms with van der Waals surface area (Å²) >= 11 is 0. The summed E-state index contributed by atoms with van der Waals surface area (Å²) in [5, 5.41) is 6.02. The lowest BCUT2D eigenvalue weighted by atomic mass is 9.77. The van der Waals surface area contributed by atoms with Gasteiger partial charge in [0.1, 0.15) is 0 Å². The van der Waals surface area contributed by atoms with Gasteiger partial charge in [-0.25, -0.2) is 4.79 Å². The Labute approximate surface area is 144 Å². The highest BCUT2D eigenvalue weighted by Gasteiger charge is 2.45. The molecule has 2 saturated heterocycles. The van der Waals surface area contributed by atoms with Crippen LogP contribution in [0, 0.1) is 10.8 Å². The number of likely N-dealkylation sites (tertiary alicyclic amines) is 1. The Morgan fingerprint density at radius 3 is 2.71 bits per heavy atom. The third-order valence-corrected chi connectivity index (χ3v) is 5.89. The second-order valence-corrected chi connectivity index (χ2v) is 7.87. The minimum absolute atomic E-state index is 0.0102. The first-order chi connectivity index (χ1) is 11.4. The van der Waals surface area contributed by atoms with Crippen LogP contribution in [0.25, 0.3) is 0 Å². The minimum atomic E-state index is -0.219. The van der Waals surface area contributed by atoms with Crippen LogP contribution in [0.1, 0.15) is 39.5 Å². The van der Waals surface area contributed by atoms with Gasteiger partial charge in [0.25, 0.3) is 0 Å². The van der Waals surface area contributed by atoms with Gasteiger partial charge in [-0.05, 0) is 25.7 Å². The third-order valence-electron chi connectivity index (χ3n) is 5.89. The van der Waals surface area contributed by atoms with Gasteiger partial charge in [0.05, 0.1) is 18.6 Å². The van der Waals surface area contributed by atoms with Crippen LogP contribution in [0.2, 0.25) is 0 Å². The SMILES string of the molecule is CC(C)(CNC(=O)N1CCC2(CCNC2=O)CC1)C1=CCOCC1. The second kappa shape index (κ2) is 6.75. The Bertz CT molecular complexity index is 534. The summed E-state index contributed by atoms with van der Waals surface area (Å²) in [5.74, 6) is 0.176. The van der Waals surface area contributed by atoms with Crippen LogP contribution in [0.3, 0.4) is 0 Å². The fourth-order valence-electron chi connectivity index (χ4n) is 3.99. The third kappa shape index (κ3) is 3.43. The molecule has 134 valence electrons. The molecule has 3 heterocycles. The van der Waals surface area contributed by atoms with E-state index < -0.39 is 0 Å². The van der Waals surface area contributed by atoms with Gasteiger partial charge in [0.15, 0.2) is 0 Å². The van der Waals surface area contributed by atoms with Crippen molar-refractivity contribution in [1.29, 1.82) is 0 Å². The van der Waals surface area contributed by atoms with E-state index in [-0.39, 0.29) is 22.8 Å². The number of amides is 3. The van der Waals surface area contributed by atoms with Crippen molar-refractivity contribution < 1.29 is 14.3 Å². The molecule has 2 N–H and O–H groups in total. The summed E-state index contributed by atoms with van der Waals surface area (Å²) < 4.78 is 5.37. The first-order valence-electron chi connectivity index (χ1n) is 9.01. The van der Waals surface area contributed by atoms with Gasteiger partial charge in [-0.1, -0.05) is 25.5 Å². The fourth-order valence-corrected chi connectivity index (χ4v) is 3.99. The zero-order valence-corrected chi connectivity index (χ0v) is 14.8. The van der Waals surface area contributed by atoms with E-state index in [0.29, 0.717) is 26.2 Å². The van der Waals surface area contributed by atoms with Gasteiger partial charge >= 0.3 is 6.03 Å². The Hall–Kier alpha value is -1.56. The molecule has 3 amide bonds. The van der Waals surface area contributed by atoms with Gasteiger partial charge in [-0.3, -0.25) is 4.79 Å². The summed E-state index contributed by atoms with van der Waals surface area (Å²) in [6.45, 7) is 8.49. The highest BCUT2D eigenvalue weighted by Crippen LogP contribution is 2.38. The maximum atomic E-state index is 12.5. The molecule has 0 aromatic heterocycles. The molecule has 0 aromatic carbocycles. The lowest BCUT2D eigenvalue weighted by Crippen LogP contribution is -2.50. The van der Waals surface area contributed by atoms with Crippen LogP contribution < -0.4 is 10.6 Å². The number of nitrogens with zero attached hydrogens (tertiary/aromatic N) is 1. The molecule has 3 rings (SSSR count). The smallest absolute Gasteiger partial charge is 0.317 e. The monoisotopic (exact) mass is 335 g/mol. The van der Waals surface area contributed by atoms with Crippen LogP contribution in [0.15, 0.2) is 11.6 Å². The maximum Gasteiger partial charge on any atom is 0.317 e. The van der Waals surface area contributed by atoms with E-state index in [2.05, 4.69) is 30.6 Å². The quantitative estimate of drug-likeness (QED) is 0.771. The van der Waals surface area contributed by atoms with Crippen molar-refractivity contribution in [3.8, 4) is 0 Å². The summed E-state index contributed by atoms with van der Waals surface area (Å²) in [7, 11) is 0. The lowest BCUT2D eigenvalue weighted by Gasteiger charge is -2.38. The van der Waals surface area contributed by atoms with Gasteiger partial charge in [-0.15, -0.1) is 0 Å². The maximum absolute atomic E-state index is 12.5. The molecule has 2 fully saturated rings. The van der Waals surface area contributed by atoms with Gasteiger partial charge in [0.2, 0.25) is 5.91 Å². The normalized spacial score (nSPS) is 23.8. The van der Waals surface area contributed by atoms with E-state index >= 15 is 0 Å². The van der Waals surface area contributed by atoms with Crippen LogP contribution in [0.5, 0.6) is 0 Å². The summed E-state index contributed by atoms with van der Waals surface area (Å²) in [5.41, 5.74) is 1.08. The molecule has 0 unspecified atom stereocenters. The minimum Gasteiger partial charge on any atom is -0.377 e. The Morgan fingerprint density at radius 2 is 2.12 bits per heavy atom. The molecule has 0 aliphatic carbocycles. The zero-order valence-electron chi connectivity index (χ0n) is 14.8. The first-order valence-corrected chi connectivity index (χ1v) is 9.01. The van der Waals surface area contributed by atoms with E-state index in [9.17, 15) is 9.59 Å². The fraction of sp³-hybridized carbons (Fsp3) is 0.778.